The predicted octanol–water partition coefficient (Wildman–Crippen LogP) is 0.233. The van der Waals surface area contributed by atoms with E-state index in [2.05, 4.69) is 10.4 Å². The van der Waals surface area contributed by atoms with Gasteiger partial charge in [-0.05, 0) is 25.1 Å². The fourth-order valence-corrected chi connectivity index (χ4v) is 2.15. The molecule has 0 radical (unpaired) electrons. The highest BCUT2D eigenvalue weighted by Crippen LogP contribution is 2.18. The third-order valence-electron chi connectivity index (χ3n) is 3.07. The van der Waals surface area contributed by atoms with Crippen molar-refractivity contribution in [2.45, 2.75) is 19.5 Å². The van der Waals surface area contributed by atoms with Crippen molar-refractivity contribution >= 4 is 0 Å². The molecule has 0 aliphatic carbocycles. The number of phenols is 1. The van der Waals surface area contributed by atoms with Gasteiger partial charge in [0.05, 0.1) is 6.54 Å². The number of aromatic hydroxyl groups is 1. The molecule has 0 spiro atoms. The highest BCUT2D eigenvalue weighted by Gasteiger charge is 2.17. The maximum absolute atomic E-state index is 12.2. The van der Waals surface area contributed by atoms with Gasteiger partial charge in [0.1, 0.15) is 17.3 Å². The van der Waals surface area contributed by atoms with Crippen molar-refractivity contribution < 1.29 is 5.11 Å². The van der Waals surface area contributed by atoms with Crippen LogP contribution in [0.15, 0.2) is 29.1 Å². The van der Waals surface area contributed by atoms with Crippen LogP contribution >= 0.6 is 0 Å². The molecular weight excluding hydrogens is 232 g/mol. The van der Waals surface area contributed by atoms with E-state index in [1.807, 2.05) is 0 Å². The monoisotopic (exact) mass is 246 g/mol. The SMILES string of the molecule is O=c1n(-c2ccccc2O)nc2n1CCCNC2. The molecule has 94 valence electrons. The summed E-state index contributed by atoms with van der Waals surface area (Å²) in [4.78, 5) is 12.2. The van der Waals surface area contributed by atoms with Gasteiger partial charge < -0.3 is 10.4 Å². The van der Waals surface area contributed by atoms with Crippen molar-refractivity contribution in [1.29, 1.82) is 0 Å². The highest BCUT2D eigenvalue weighted by molar-refractivity contribution is 5.44. The molecule has 0 unspecified atom stereocenters. The van der Waals surface area contributed by atoms with E-state index < -0.39 is 0 Å². The minimum absolute atomic E-state index is 0.0563. The van der Waals surface area contributed by atoms with Crippen LogP contribution in [0.5, 0.6) is 5.75 Å². The van der Waals surface area contributed by atoms with Crippen molar-refractivity contribution in [2.24, 2.45) is 0 Å². The number of rotatable bonds is 1. The van der Waals surface area contributed by atoms with Crippen molar-refractivity contribution in [1.82, 2.24) is 19.7 Å². The van der Waals surface area contributed by atoms with Gasteiger partial charge in [-0.1, -0.05) is 12.1 Å². The summed E-state index contributed by atoms with van der Waals surface area (Å²) in [5.41, 5.74) is 0.221. The third-order valence-corrected chi connectivity index (χ3v) is 3.07. The standard InChI is InChI=1S/C12H14N4O2/c17-10-5-2-1-4-9(10)16-12(18)15-7-3-6-13-8-11(15)14-16/h1-2,4-5,13,17H,3,6-8H2. The Balaban J connectivity index is 2.15. The molecule has 0 amide bonds. The number of fused-ring (bicyclic) bond motifs is 1. The summed E-state index contributed by atoms with van der Waals surface area (Å²) in [5.74, 6) is 0.765. The molecule has 0 saturated heterocycles. The second-order valence-electron chi connectivity index (χ2n) is 4.28. The molecule has 1 aliphatic rings. The fourth-order valence-electron chi connectivity index (χ4n) is 2.15. The number of benzene rings is 1. The zero-order chi connectivity index (χ0) is 12.5. The first-order valence-electron chi connectivity index (χ1n) is 5.95. The van der Waals surface area contributed by atoms with E-state index >= 15 is 0 Å². The number of hydrogen-bond acceptors (Lipinski definition) is 4. The molecule has 0 saturated carbocycles. The van der Waals surface area contributed by atoms with E-state index in [0.29, 0.717) is 24.6 Å². The topological polar surface area (TPSA) is 72.1 Å². The zero-order valence-corrected chi connectivity index (χ0v) is 9.83. The number of phenolic OH excluding ortho intramolecular Hbond substituents is 1. The molecule has 1 aromatic heterocycles. The predicted molar refractivity (Wildman–Crippen MR) is 65.8 cm³/mol. The van der Waals surface area contributed by atoms with E-state index in [9.17, 15) is 9.90 Å². The largest absolute Gasteiger partial charge is 0.506 e. The summed E-state index contributed by atoms with van der Waals surface area (Å²) in [5, 5.41) is 17.3. The van der Waals surface area contributed by atoms with E-state index in [4.69, 9.17) is 0 Å². The van der Waals surface area contributed by atoms with Gasteiger partial charge in [-0.15, -0.1) is 5.10 Å². The van der Waals surface area contributed by atoms with Gasteiger partial charge in [0, 0.05) is 6.54 Å². The van der Waals surface area contributed by atoms with E-state index in [1.54, 1.807) is 28.8 Å². The first-order chi connectivity index (χ1) is 8.77. The van der Waals surface area contributed by atoms with Crippen LogP contribution in [0.3, 0.4) is 0 Å². The van der Waals surface area contributed by atoms with Crippen LogP contribution in [0.1, 0.15) is 12.2 Å². The number of nitrogens with zero attached hydrogens (tertiary/aromatic N) is 3. The Labute approximate surface area is 103 Å². The van der Waals surface area contributed by atoms with Crippen LogP contribution in [0.25, 0.3) is 5.69 Å². The van der Waals surface area contributed by atoms with Gasteiger partial charge in [-0.25, -0.2) is 4.79 Å². The molecule has 1 aromatic carbocycles. The minimum atomic E-state index is -0.199. The smallest absolute Gasteiger partial charge is 0.350 e. The summed E-state index contributed by atoms with van der Waals surface area (Å²) in [6.07, 6.45) is 0.902. The van der Waals surface area contributed by atoms with E-state index in [-0.39, 0.29) is 11.4 Å². The molecule has 1 aliphatic heterocycles. The molecule has 18 heavy (non-hydrogen) atoms. The number of nitrogens with one attached hydrogen (secondary N) is 1. The Kier molecular flexibility index (Phi) is 2.64. The normalized spacial score (nSPS) is 15.1. The summed E-state index contributed by atoms with van der Waals surface area (Å²) < 4.78 is 2.92. The van der Waals surface area contributed by atoms with E-state index in [0.717, 1.165) is 13.0 Å². The van der Waals surface area contributed by atoms with Gasteiger partial charge in [0.25, 0.3) is 0 Å². The Morgan fingerprint density at radius 2 is 2.17 bits per heavy atom. The average molecular weight is 246 g/mol. The lowest BCUT2D eigenvalue weighted by molar-refractivity contribution is 0.469. The maximum atomic E-state index is 12.2. The molecule has 2 aromatic rings. The van der Waals surface area contributed by atoms with Crippen molar-refractivity contribution in [2.75, 3.05) is 6.54 Å². The molecule has 3 rings (SSSR count). The van der Waals surface area contributed by atoms with Crippen molar-refractivity contribution in [3.63, 3.8) is 0 Å². The first kappa shape index (κ1) is 11.0. The Morgan fingerprint density at radius 1 is 1.33 bits per heavy atom. The lowest BCUT2D eigenvalue weighted by Crippen LogP contribution is -2.24. The molecular formula is C12H14N4O2. The molecule has 0 atom stereocenters. The quantitative estimate of drug-likeness (QED) is 0.755. The van der Waals surface area contributed by atoms with Gasteiger partial charge in [0.2, 0.25) is 0 Å². The van der Waals surface area contributed by atoms with E-state index in [1.165, 1.54) is 4.68 Å². The molecule has 0 bridgehead atoms. The third kappa shape index (κ3) is 1.70. The van der Waals surface area contributed by atoms with Crippen LogP contribution in [0, 0.1) is 0 Å². The fraction of sp³-hybridized carbons (Fsp3) is 0.333. The Bertz CT molecular complexity index is 629. The first-order valence-corrected chi connectivity index (χ1v) is 5.95. The lowest BCUT2D eigenvalue weighted by Gasteiger charge is -2.02. The molecule has 6 heteroatoms. The zero-order valence-electron chi connectivity index (χ0n) is 9.83. The van der Waals surface area contributed by atoms with Crippen LogP contribution in [0.4, 0.5) is 0 Å². The second-order valence-corrected chi connectivity index (χ2v) is 4.28. The molecule has 6 nitrogen and oxygen atoms in total. The van der Waals surface area contributed by atoms with Crippen molar-refractivity contribution in [3.05, 3.63) is 40.6 Å². The number of para-hydroxylation sites is 2. The van der Waals surface area contributed by atoms with Crippen LogP contribution < -0.4 is 11.0 Å². The van der Waals surface area contributed by atoms with Gasteiger partial charge in [0.15, 0.2) is 0 Å². The van der Waals surface area contributed by atoms with Crippen LogP contribution in [-0.2, 0) is 13.1 Å². The maximum Gasteiger partial charge on any atom is 0.350 e. The number of hydrogen-bond donors (Lipinski definition) is 2. The molecule has 2 heterocycles. The lowest BCUT2D eigenvalue weighted by atomic mass is 10.3. The van der Waals surface area contributed by atoms with Crippen LogP contribution in [-0.4, -0.2) is 26.0 Å². The molecule has 2 N–H and O–H groups in total. The summed E-state index contributed by atoms with van der Waals surface area (Å²) in [7, 11) is 0. The second kappa shape index (κ2) is 4.30. The summed E-state index contributed by atoms with van der Waals surface area (Å²) in [6, 6.07) is 6.71. The Hall–Kier alpha value is -2.08. The minimum Gasteiger partial charge on any atom is -0.506 e. The van der Waals surface area contributed by atoms with Gasteiger partial charge in [-0.3, -0.25) is 4.57 Å². The Morgan fingerprint density at radius 3 is 3.00 bits per heavy atom. The van der Waals surface area contributed by atoms with Gasteiger partial charge in [-0.2, -0.15) is 4.68 Å². The molecule has 0 fully saturated rings. The summed E-state index contributed by atoms with van der Waals surface area (Å²) >= 11 is 0. The van der Waals surface area contributed by atoms with Crippen LogP contribution in [0.2, 0.25) is 0 Å². The van der Waals surface area contributed by atoms with Gasteiger partial charge >= 0.3 is 5.69 Å². The average Bonchev–Trinajstić information content (AvgIpc) is 2.56. The highest BCUT2D eigenvalue weighted by atomic mass is 16.3. The number of aromatic nitrogens is 3. The van der Waals surface area contributed by atoms with Crippen molar-refractivity contribution in [3.8, 4) is 11.4 Å². The summed E-state index contributed by atoms with van der Waals surface area (Å²) in [6.45, 7) is 2.13.